The van der Waals surface area contributed by atoms with Gasteiger partial charge in [0.25, 0.3) is 0 Å². The van der Waals surface area contributed by atoms with Crippen LogP contribution in [0.1, 0.15) is 84.1 Å². The molecule has 0 aromatic heterocycles. The summed E-state index contributed by atoms with van der Waals surface area (Å²) in [6, 6.07) is 5.69. The summed E-state index contributed by atoms with van der Waals surface area (Å²) in [5.74, 6) is 0.412. The van der Waals surface area contributed by atoms with Crippen molar-refractivity contribution in [2.75, 3.05) is 26.7 Å². The summed E-state index contributed by atoms with van der Waals surface area (Å²) in [4.78, 5) is 45.5. The van der Waals surface area contributed by atoms with Gasteiger partial charge in [0.05, 0.1) is 11.3 Å². The summed E-state index contributed by atoms with van der Waals surface area (Å²) < 4.78 is 13.6. The van der Waals surface area contributed by atoms with E-state index < -0.39 is 11.5 Å². The zero-order chi connectivity index (χ0) is 29.4. The molecule has 3 amide bonds. The van der Waals surface area contributed by atoms with E-state index in [0.29, 0.717) is 44.2 Å². The maximum atomic E-state index is 14.1. The first-order chi connectivity index (χ1) is 19.4. The minimum absolute atomic E-state index is 0.0531. The highest BCUT2D eigenvalue weighted by atomic mass is 19.1. The van der Waals surface area contributed by atoms with Crippen LogP contribution in [0.4, 0.5) is 4.39 Å². The lowest BCUT2D eigenvalue weighted by Crippen LogP contribution is -2.59. The predicted molar refractivity (Wildman–Crippen MR) is 157 cm³/mol. The second-order valence-electron chi connectivity index (χ2n) is 14.4. The average Bonchev–Trinajstić information content (AvgIpc) is 3.53. The number of likely N-dealkylation sites (tertiary alicyclic amines) is 2. The van der Waals surface area contributed by atoms with E-state index in [2.05, 4.69) is 22.6 Å². The number of nitrogens with zero attached hydrogens (tertiary/aromatic N) is 2. The Morgan fingerprint density at radius 2 is 1.68 bits per heavy atom. The first-order valence-corrected chi connectivity index (χ1v) is 15.8. The predicted octanol–water partition coefficient (Wildman–Crippen LogP) is 4.30. The zero-order valence-corrected chi connectivity index (χ0v) is 25.4. The Kier molecular flexibility index (Phi) is 8.79. The number of halogens is 1. The number of piperidine rings is 2. The minimum atomic E-state index is -0.719. The van der Waals surface area contributed by atoms with Crippen molar-refractivity contribution in [1.82, 2.24) is 20.4 Å². The number of carbonyl (C=O) groups is 3. The molecule has 4 fully saturated rings. The number of hydrogen-bond donors (Lipinski definition) is 2. The normalized spacial score (nSPS) is 27.4. The SMILES string of the molecule is CN1CC2CC1[C@H](C(=O)N[C@H](Cc1ccc(F)cc1)C(=O)N1CCC(C(=O)NC(C)(C)C)(C3CCCCC3)CC1)C2. The second-order valence-corrected chi connectivity index (χ2v) is 14.4. The molecule has 0 radical (unpaired) electrons. The maximum absolute atomic E-state index is 14.1. The lowest BCUT2D eigenvalue weighted by molar-refractivity contribution is -0.147. The van der Waals surface area contributed by atoms with E-state index >= 15 is 0 Å². The third kappa shape index (κ3) is 6.63. The monoisotopic (exact) mass is 568 g/mol. The van der Waals surface area contributed by atoms with E-state index in [1.807, 2.05) is 25.7 Å². The Labute approximate surface area is 245 Å². The first-order valence-electron chi connectivity index (χ1n) is 15.8. The molecule has 4 aliphatic rings. The van der Waals surface area contributed by atoms with Crippen molar-refractivity contribution in [3.63, 3.8) is 0 Å². The highest BCUT2D eigenvalue weighted by molar-refractivity contribution is 5.90. The van der Waals surface area contributed by atoms with E-state index in [1.165, 1.54) is 18.6 Å². The summed E-state index contributed by atoms with van der Waals surface area (Å²) in [5.41, 5.74) is 0.0333. The molecule has 1 aromatic rings. The van der Waals surface area contributed by atoms with E-state index in [9.17, 15) is 18.8 Å². The van der Waals surface area contributed by atoms with Gasteiger partial charge in [0.1, 0.15) is 11.9 Å². The number of nitrogens with one attached hydrogen (secondary N) is 2. The second kappa shape index (κ2) is 12.0. The van der Waals surface area contributed by atoms with Gasteiger partial charge in [-0.2, -0.15) is 0 Å². The summed E-state index contributed by atoms with van der Waals surface area (Å²) in [5, 5.41) is 6.40. The van der Waals surface area contributed by atoms with Crippen molar-refractivity contribution >= 4 is 17.7 Å². The number of rotatable bonds is 7. The number of amides is 3. The highest BCUT2D eigenvalue weighted by Crippen LogP contribution is 2.46. The fourth-order valence-corrected chi connectivity index (χ4v) is 8.20. The van der Waals surface area contributed by atoms with Crippen molar-refractivity contribution in [2.24, 2.45) is 23.2 Å². The molecule has 2 aliphatic carbocycles. The molecule has 2 bridgehead atoms. The molecule has 2 heterocycles. The fraction of sp³-hybridized carbons (Fsp3) is 0.727. The van der Waals surface area contributed by atoms with Crippen molar-refractivity contribution in [2.45, 2.75) is 103 Å². The van der Waals surface area contributed by atoms with Gasteiger partial charge < -0.3 is 20.4 Å². The molecule has 2 aliphatic heterocycles. The van der Waals surface area contributed by atoms with Gasteiger partial charge in [-0.1, -0.05) is 31.4 Å². The van der Waals surface area contributed by atoms with Gasteiger partial charge in [0.2, 0.25) is 17.7 Å². The lowest BCUT2D eigenvalue weighted by Gasteiger charge is -2.48. The Balaban J connectivity index is 1.31. The molecule has 4 atom stereocenters. The number of fused-ring (bicyclic) bond motifs is 2. The molecule has 0 spiro atoms. The standard InChI is InChI=1S/C33H49FN4O3/c1-32(2,3)36-31(41)33(24-8-6-5-7-9-24)14-16-38(17-15-33)30(40)27(19-22-10-12-25(34)13-11-22)35-29(39)26-18-23-20-28(26)37(4)21-23/h10-13,23-24,26-28H,5-9,14-21H2,1-4H3,(H,35,39)(H,36,41)/t23?,26-,27-,28?/m1/s1. The summed E-state index contributed by atoms with van der Waals surface area (Å²) in [7, 11) is 2.08. The number of carbonyl (C=O) groups excluding carboxylic acids is 3. The summed E-state index contributed by atoms with van der Waals surface area (Å²) >= 11 is 0. The molecule has 2 unspecified atom stereocenters. The zero-order valence-electron chi connectivity index (χ0n) is 25.4. The number of hydrogen-bond acceptors (Lipinski definition) is 4. The van der Waals surface area contributed by atoms with Gasteiger partial charge in [-0.25, -0.2) is 4.39 Å². The van der Waals surface area contributed by atoms with Crippen LogP contribution in [0.25, 0.3) is 0 Å². The molecule has 8 heteroatoms. The van der Waals surface area contributed by atoms with Gasteiger partial charge in [-0.05, 0) is 95.9 Å². The van der Waals surface area contributed by atoms with Gasteiger partial charge in [-0.15, -0.1) is 0 Å². The van der Waals surface area contributed by atoms with Crippen LogP contribution in [-0.4, -0.2) is 71.8 Å². The quantitative estimate of drug-likeness (QED) is 0.514. The molecular weight excluding hydrogens is 519 g/mol. The minimum Gasteiger partial charge on any atom is -0.351 e. The number of benzene rings is 1. The van der Waals surface area contributed by atoms with Gasteiger partial charge >= 0.3 is 0 Å². The van der Waals surface area contributed by atoms with E-state index in [4.69, 9.17) is 0 Å². The Morgan fingerprint density at radius 3 is 2.27 bits per heavy atom. The Bertz CT molecular complexity index is 1100. The highest BCUT2D eigenvalue weighted by Gasteiger charge is 2.50. The van der Waals surface area contributed by atoms with Crippen LogP contribution in [0.15, 0.2) is 24.3 Å². The van der Waals surface area contributed by atoms with Crippen molar-refractivity contribution in [3.8, 4) is 0 Å². The molecule has 1 aromatic carbocycles. The van der Waals surface area contributed by atoms with Crippen LogP contribution in [0.2, 0.25) is 0 Å². The summed E-state index contributed by atoms with van der Waals surface area (Å²) in [6.07, 6.45) is 9.16. The van der Waals surface area contributed by atoms with Gasteiger partial charge in [0.15, 0.2) is 0 Å². The van der Waals surface area contributed by atoms with Crippen LogP contribution < -0.4 is 10.6 Å². The van der Waals surface area contributed by atoms with Crippen LogP contribution in [-0.2, 0) is 20.8 Å². The molecule has 2 N–H and O–H groups in total. The Morgan fingerprint density at radius 1 is 1.02 bits per heavy atom. The van der Waals surface area contributed by atoms with Crippen LogP contribution >= 0.6 is 0 Å². The Hall–Kier alpha value is -2.48. The summed E-state index contributed by atoms with van der Waals surface area (Å²) in [6.45, 7) is 8.10. The van der Waals surface area contributed by atoms with Crippen molar-refractivity contribution in [1.29, 1.82) is 0 Å². The van der Waals surface area contributed by atoms with Crippen LogP contribution in [0, 0.1) is 29.0 Å². The topological polar surface area (TPSA) is 81.8 Å². The third-order valence-electron chi connectivity index (χ3n) is 10.3. The fourth-order valence-electron chi connectivity index (χ4n) is 8.20. The lowest BCUT2D eigenvalue weighted by atomic mass is 9.63. The molecular formula is C33H49FN4O3. The largest absolute Gasteiger partial charge is 0.351 e. The van der Waals surface area contributed by atoms with Gasteiger partial charge in [0, 0.05) is 37.6 Å². The van der Waals surface area contributed by atoms with Crippen molar-refractivity contribution < 1.29 is 18.8 Å². The smallest absolute Gasteiger partial charge is 0.245 e. The molecule has 5 rings (SSSR count). The molecule has 2 saturated heterocycles. The molecule has 41 heavy (non-hydrogen) atoms. The molecule has 226 valence electrons. The van der Waals surface area contributed by atoms with E-state index in [-0.39, 0.29) is 41.0 Å². The van der Waals surface area contributed by atoms with Gasteiger partial charge in [-0.3, -0.25) is 14.4 Å². The van der Waals surface area contributed by atoms with E-state index in [1.54, 1.807) is 12.1 Å². The van der Waals surface area contributed by atoms with Crippen LogP contribution in [0.3, 0.4) is 0 Å². The maximum Gasteiger partial charge on any atom is 0.245 e. The third-order valence-corrected chi connectivity index (χ3v) is 10.3. The van der Waals surface area contributed by atoms with Crippen molar-refractivity contribution in [3.05, 3.63) is 35.6 Å². The first kappa shape index (κ1) is 30.0. The molecule has 2 saturated carbocycles. The molecule has 7 nitrogen and oxygen atoms in total. The van der Waals surface area contributed by atoms with E-state index in [0.717, 1.165) is 50.6 Å². The van der Waals surface area contributed by atoms with Crippen LogP contribution in [0.5, 0.6) is 0 Å². The average molecular weight is 569 g/mol.